The largest absolute Gasteiger partial charge is 0.457 e. The topological polar surface area (TPSA) is 91.0 Å². The van der Waals surface area contributed by atoms with E-state index in [9.17, 15) is 4.79 Å². The standard InChI is InChI=1S/C23H22N4O2S/c24-22-20-16-9-2-1-3-10-17(16)30-23(20)27-18(26-22)13-29-19(28)12-15-7-4-6-14-8-5-11-25-21(14)15/h4-8,11H,1-3,9-10,12-13H2,(H2,24,26,27). The van der Waals surface area contributed by atoms with Gasteiger partial charge in [-0.1, -0.05) is 30.7 Å². The van der Waals surface area contributed by atoms with Crippen LogP contribution in [-0.2, 0) is 35.4 Å². The lowest BCUT2D eigenvalue weighted by Gasteiger charge is -2.07. The van der Waals surface area contributed by atoms with Crippen molar-refractivity contribution in [2.75, 3.05) is 5.73 Å². The number of thiophene rings is 1. The van der Waals surface area contributed by atoms with E-state index in [2.05, 4.69) is 15.0 Å². The van der Waals surface area contributed by atoms with Crippen LogP contribution in [0.1, 0.15) is 41.1 Å². The van der Waals surface area contributed by atoms with Crippen LogP contribution in [0.4, 0.5) is 5.82 Å². The van der Waals surface area contributed by atoms with Crippen molar-refractivity contribution < 1.29 is 9.53 Å². The number of fused-ring (bicyclic) bond motifs is 4. The van der Waals surface area contributed by atoms with Gasteiger partial charge in [-0.25, -0.2) is 9.97 Å². The summed E-state index contributed by atoms with van der Waals surface area (Å²) >= 11 is 1.70. The molecule has 0 aliphatic heterocycles. The van der Waals surface area contributed by atoms with E-state index in [0.29, 0.717) is 11.6 Å². The number of para-hydroxylation sites is 1. The average Bonchev–Trinajstić information content (AvgIpc) is 2.94. The fourth-order valence-electron chi connectivity index (χ4n) is 4.13. The van der Waals surface area contributed by atoms with Gasteiger partial charge in [0.1, 0.15) is 10.6 Å². The van der Waals surface area contributed by atoms with Crippen LogP contribution in [0.15, 0.2) is 36.5 Å². The summed E-state index contributed by atoms with van der Waals surface area (Å²) in [5.74, 6) is 0.599. The number of hydrogen-bond acceptors (Lipinski definition) is 7. The zero-order chi connectivity index (χ0) is 20.5. The molecule has 0 spiro atoms. The van der Waals surface area contributed by atoms with Gasteiger partial charge in [-0.3, -0.25) is 9.78 Å². The minimum Gasteiger partial charge on any atom is -0.457 e. The van der Waals surface area contributed by atoms with Crippen molar-refractivity contribution in [3.63, 3.8) is 0 Å². The molecule has 0 amide bonds. The molecule has 7 heteroatoms. The molecular formula is C23H22N4O2S. The highest BCUT2D eigenvalue weighted by molar-refractivity contribution is 7.19. The van der Waals surface area contributed by atoms with Gasteiger partial charge in [-0.15, -0.1) is 11.3 Å². The molecule has 0 saturated heterocycles. The number of esters is 1. The van der Waals surface area contributed by atoms with Crippen LogP contribution in [0.2, 0.25) is 0 Å². The number of hydrogen-bond donors (Lipinski definition) is 1. The first-order valence-electron chi connectivity index (χ1n) is 10.2. The number of pyridine rings is 1. The summed E-state index contributed by atoms with van der Waals surface area (Å²) in [7, 11) is 0. The minimum atomic E-state index is -0.336. The fraction of sp³-hybridized carbons (Fsp3) is 0.304. The van der Waals surface area contributed by atoms with Crippen molar-refractivity contribution in [2.45, 2.75) is 45.1 Å². The quantitative estimate of drug-likeness (QED) is 0.391. The maximum atomic E-state index is 12.4. The summed E-state index contributed by atoms with van der Waals surface area (Å²) < 4.78 is 5.46. The first-order valence-corrected chi connectivity index (χ1v) is 11.1. The summed E-state index contributed by atoms with van der Waals surface area (Å²) in [4.78, 5) is 28.2. The Hall–Kier alpha value is -3.06. The lowest BCUT2D eigenvalue weighted by Crippen LogP contribution is -2.11. The molecule has 5 rings (SSSR count). The zero-order valence-electron chi connectivity index (χ0n) is 16.6. The van der Waals surface area contributed by atoms with Crippen LogP contribution >= 0.6 is 11.3 Å². The molecule has 0 saturated carbocycles. The van der Waals surface area contributed by atoms with Gasteiger partial charge in [-0.05, 0) is 42.9 Å². The maximum absolute atomic E-state index is 12.4. The predicted octanol–water partition coefficient (Wildman–Crippen LogP) is 4.38. The molecule has 0 radical (unpaired) electrons. The molecule has 3 heterocycles. The van der Waals surface area contributed by atoms with Crippen molar-refractivity contribution >= 4 is 44.2 Å². The van der Waals surface area contributed by atoms with E-state index in [-0.39, 0.29) is 19.0 Å². The number of rotatable bonds is 4. The Morgan fingerprint density at radius 2 is 1.97 bits per heavy atom. The monoisotopic (exact) mass is 418 g/mol. The van der Waals surface area contributed by atoms with Gasteiger partial charge in [0.15, 0.2) is 12.4 Å². The van der Waals surface area contributed by atoms with Crippen LogP contribution in [0.3, 0.4) is 0 Å². The van der Waals surface area contributed by atoms with Crippen molar-refractivity contribution in [2.24, 2.45) is 0 Å². The Morgan fingerprint density at radius 3 is 2.90 bits per heavy atom. The Balaban J connectivity index is 1.33. The molecule has 1 aromatic carbocycles. The molecule has 2 N–H and O–H groups in total. The number of carbonyl (C=O) groups excluding carboxylic acids is 1. The molecule has 4 aromatic rings. The summed E-state index contributed by atoms with van der Waals surface area (Å²) in [6, 6.07) is 9.66. The number of aromatic nitrogens is 3. The SMILES string of the molecule is Nc1nc(COC(=O)Cc2cccc3cccnc23)nc2sc3c(c12)CCCCC3. The van der Waals surface area contributed by atoms with E-state index >= 15 is 0 Å². The number of anilines is 1. The molecular weight excluding hydrogens is 396 g/mol. The highest BCUT2D eigenvalue weighted by atomic mass is 32.1. The van der Waals surface area contributed by atoms with Crippen LogP contribution < -0.4 is 5.73 Å². The van der Waals surface area contributed by atoms with Crippen LogP contribution in [-0.4, -0.2) is 20.9 Å². The first-order chi connectivity index (χ1) is 14.7. The van der Waals surface area contributed by atoms with Crippen LogP contribution in [0, 0.1) is 0 Å². The van der Waals surface area contributed by atoms with Crippen LogP contribution in [0.25, 0.3) is 21.1 Å². The van der Waals surface area contributed by atoms with E-state index in [0.717, 1.165) is 39.5 Å². The Morgan fingerprint density at radius 1 is 1.10 bits per heavy atom. The number of benzene rings is 1. The highest BCUT2D eigenvalue weighted by Crippen LogP contribution is 2.37. The zero-order valence-corrected chi connectivity index (χ0v) is 17.4. The molecule has 30 heavy (non-hydrogen) atoms. The second-order valence-corrected chi connectivity index (χ2v) is 8.68. The highest BCUT2D eigenvalue weighted by Gasteiger charge is 2.19. The lowest BCUT2D eigenvalue weighted by atomic mass is 10.1. The normalized spacial score (nSPS) is 13.9. The van der Waals surface area contributed by atoms with Gasteiger partial charge < -0.3 is 10.5 Å². The number of nitrogen functional groups attached to an aromatic ring is 1. The second-order valence-electron chi connectivity index (χ2n) is 7.60. The van der Waals surface area contributed by atoms with Gasteiger partial charge >= 0.3 is 5.97 Å². The summed E-state index contributed by atoms with van der Waals surface area (Å²) in [5.41, 5.74) is 9.25. The minimum absolute atomic E-state index is 0.0136. The van der Waals surface area contributed by atoms with Gasteiger partial charge in [-0.2, -0.15) is 0 Å². The number of ether oxygens (including phenoxy) is 1. The third-order valence-electron chi connectivity index (χ3n) is 5.55. The number of nitrogens with zero attached hydrogens (tertiary/aromatic N) is 3. The molecule has 152 valence electrons. The molecule has 1 aliphatic rings. The molecule has 0 fully saturated rings. The Kier molecular flexibility index (Phi) is 5.04. The number of carbonyl (C=O) groups is 1. The maximum Gasteiger partial charge on any atom is 0.310 e. The van der Waals surface area contributed by atoms with Gasteiger partial charge in [0, 0.05) is 16.5 Å². The first kappa shape index (κ1) is 18.9. The van der Waals surface area contributed by atoms with Gasteiger partial charge in [0.25, 0.3) is 0 Å². The Labute approximate surface area is 178 Å². The summed E-state index contributed by atoms with van der Waals surface area (Å²) in [6.07, 6.45) is 7.64. The second kappa shape index (κ2) is 7.99. The molecule has 0 bridgehead atoms. The van der Waals surface area contributed by atoms with E-state index in [1.54, 1.807) is 17.5 Å². The lowest BCUT2D eigenvalue weighted by molar-refractivity contribution is -0.144. The molecule has 1 aliphatic carbocycles. The molecule has 6 nitrogen and oxygen atoms in total. The number of nitrogens with two attached hydrogens (primary N) is 1. The predicted molar refractivity (Wildman–Crippen MR) is 118 cm³/mol. The molecule has 0 atom stereocenters. The van der Waals surface area contributed by atoms with E-state index in [1.165, 1.54) is 29.7 Å². The molecule has 0 unspecified atom stereocenters. The van der Waals surface area contributed by atoms with E-state index in [4.69, 9.17) is 10.5 Å². The smallest absolute Gasteiger partial charge is 0.310 e. The van der Waals surface area contributed by atoms with E-state index < -0.39 is 0 Å². The van der Waals surface area contributed by atoms with Gasteiger partial charge in [0.05, 0.1) is 17.3 Å². The van der Waals surface area contributed by atoms with Gasteiger partial charge in [0.2, 0.25) is 0 Å². The average molecular weight is 419 g/mol. The number of aryl methyl sites for hydroxylation is 2. The Bertz CT molecular complexity index is 1250. The fourth-order valence-corrected chi connectivity index (χ4v) is 5.42. The summed E-state index contributed by atoms with van der Waals surface area (Å²) in [5, 5.41) is 2.00. The van der Waals surface area contributed by atoms with Crippen molar-refractivity contribution in [3.05, 3.63) is 58.4 Å². The van der Waals surface area contributed by atoms with Crippen LogP contribution in [0.5, 0.6) is 0 Å². The van der Waals surface area contributed by atoms with Crippen molar-refractivity contribution in [1.82, 2.24) is 15.0 Å². The third kappa shape index (κ3) is 3.61. The van der Waals surface area contributed by atoms with Crippen molar-refractivity contribution in [1.29, 1.82) is 0 Å². The summed E-state index contributed by atoms with van der Waals surface area (Å²) in [6.45, 7) is 0.0136. The molecule has 3 aromatic heterocycles. The third-order valence-corrected chi connectivity index (χ3v) is 6.74. The van der Waals surface area contributed by atoms with Crippen molar-refractivity contribution in [3.8, 4) is 0 Å². The van der Waals surface area contributed by atoms with E-state index in [1.807, 2.05) is 30.3 Å².